The van der Waals surface area contributed by atoms with Gasteiger partial charge in [0.2, 0.25) is 6.34 Å². The van der Waals surface area contributed by atoms with Gasteiger partial charge in [0.15, 0.2) is 0 Å². The second-order valence-corrected chi connectivity index (χ2v) is 8.36. The van der Waals surface area contributed by atoms with E-state index in [-0.39, 0.29) is 22.6 Å². The first-order valence-electron chi connectivity index (χ1n) is 9.50. The number of amides is 3. The molecular formula is C20H28N5O3+. The van der Waals surface area contributed by atoms with Crippen molar-refractivity contribution in [3.63, 3.8) is 0 Å². The number of hydrogen-bond donors (Lipinski definition) is 1. The lowest BCUT2D eigenvalue weighted by Gasteiger charge is -2.34. The molecule has 2 unspecified atom stereocenters. The Morgan fingerprint density at radius 2 is 2.14 bits per heavy atom. The molecule has 0 spiro atoms. The lowest BCUT2D eigenvalue weighted by molar-refractivity contribution is -0.665. The smallest absolute Gasteiger partial charge is 0.427 e. The van der Waals surface area contributed by atoms with Gasteiger partial charge in [-0.25, -0.2) is 9.59 Å². The average molecular weight is 386 g/mol. The predicted octanol–water partition coefficient (Wildman–Crippen LogP) is 2.98. The van der Waals surface area contributed by atoms with Crippen molar-refractivity contribution >= 4 is 24.2 Å². The van der Waals surface area contributed by atoms with Gasteiger partial charge < -0.3 is 15.0 Å². The normalized spacial score (nSPS) is 24.6. The number of pyridine rings is 1. The third kappa shape index (κ3) is 4.75. The van der Waals surface area contributed by atoms with Gasteiger partial charge in [-0.1, -0.05) is 0 Å². The first-order chi connectivity index (χ1) is 13.2. The second-order valence-electron chi connectivity index (χ2n) is 8.36. The van der Waals surface area contributed by atoms with Crippen LogP contribution in [0.5, 0.6) is 0 Å². The molecule has 3 heterocycles. The fourth-order valence-electron chi connectivity index (χ4n) is 3.18. The topological polar surface area (TPSA) is 83.9 Å². The highest BCUT2D eigenvalue weighted by molar-refractivity contribution is 5.84. The number of ether oxygens (including phenoxy) is 1. The second kappa shape index (κ2) is 7.71. The van der Waals surface area contributed by atoms with E-state index in [0.29, 0.717) is 18.8 Å². The van der Waals surface area contributed by atoms with Gasteiger partial charge in [0.05, 0.1) is 13.1 Å². The molecule has 28 heavy (non-hydrogen) atoms. The van der Waals surface area contributed by atoms with Gasteiger partial charge in [0, 0.05) is 31.0 Å². The van der Waals surface area contributed by atoms with E-state index in [1.165, 1.54) is 0 Å². The van der Waals surface area contributed by atoms with E-state index in [2.05, 4.69) is 15.3 Å². The van der Waals surface area contributed by atoms with Crippen LogP contribution in [-0.4, -0.2) is 64.6 Å². The minimum absolute atomic E-state index is 0.0762. The third-order valence-electron chi connectivity index (χ3n) is 4.62. The molecule has 0 aliphatic carbocycles. The first-order valence-corrected chi connectivity index (χ1v) is 9.50. The van der Waals surface area contributed by atoms with Gasteiger partial charge in [-0.3, -0.25) is 4.98 Å². The summed E-state index contributed by atoms with van der Waals surface area (Å²) in [5.41, 5.74) is 1.04. The number of urea groups is 1. The molecule has 150 valence electrons. The summed E-state index contributed by atoms with van der Waals surface area (Å²) in [6, 6.07) is 3.44. The molecule has 0 bridgehead atoms. The molecule has 1 N–H and O–H groups in total. The average Bonchev–Trinajstić information content (AvgIpc) is 3.05. The Kier molecular flexibility index (Phi) is 5.51. The Bertz CT molecular complexity index is 800. The quantitative estimate of drug-likeness (QED) is 0.792. The maximum atomic E-state index is 12.9. The van der Waals surface area contributed by atoms with Crippen LogP contribution in [0.25, 0.3) is 5.70 Å². The number of piperidine rings is 1. The molecule has 3 rings (SSSR count). The molecule has 1 aromatic heterocycles. The maximum Gasteiger partial charge on any atom is 0.427 e. The van der Waals surface area contributed by atoms with Gasteiger partial charge in [-0.15, -0.1) is 0 Å². The van der Waals surface area contributed by atoms with Crippen LogP contribution in [0.1, 0.15) is 39.2 Å². The van der Waals surface area contributed by atoms with Gasteiger partial charge in [-0.2, -0.15) is 9.48 Å². The number of quaternary nitrogens is 1. The number of rotatable bonds is 2. The van der Waals surface area contributed by atoms with Crippen molar-refractivity contribution in [3.8, 4) is 0 Å². The summed E-state index contributed by atoms with van der Waals surface area (Å²) in [6.07, 6.45) is 8.11. The molecule has 0 radical (unpaired) electrons. The third-order valence-corrected chi connectivity index (χ3v) is 4.62. The van der Waals surface area contributed by atoms with Crippen molar-refractivity contribution in [3.05, 3.63) is 36.3 Å². The summed E-state index contributed by atoms with van der Waals surface area (Å²) in [5.74, 6) is 0. The maximum absolute atomic E-state index is 12.9. The summed E-state index contributed by atoms with van der Waals surface area (Å²) >= 11 is 0. The fraction of sp³-hybridized carbons (Fsp3) is 0.500. The van der Waals surface area contributed by atoms with Gasteiger partial charge in [0.25, 0.3) is 0 Å². The number of aromatic nitrogens is 1. The van der Waals surface area contributed by atoms with E-state index in [1.54, 1.807) is 36.9 Å². The van der Waals surface area contributed by atoms with Crippen molar-refractivity contribution < 1.29 is 18.8 Å². The van der Waals surface area contributed by atoms with Crippen molar-refractivity contribution in [2.45, 2.75) is 45.3 Å². The first kappa shape index (κ1) is 20.0. The number of carbonyl (C=O) groups excluding carboxylic acids is 2. The molecule has 8 nitrogen and oxygen atoms in total. The summed E-state index contributed by atoms with van der Waals surface area (Å²) in [5, 5.41) is 3.05. The van der Waals surface area contributed by atoms with Crippen LogP contribution in [-0.2, 0) is 4.74 Å². The molecule has 0 aromatic carbocycles. The number of hydrogen-bond acceptors (Lipinski definition) is 5. The summed E-state index contributed by atoms with van der Waals surface area (Å²) in [7, 11) is 1.77. The summed E-state index contributed by atoms with van der Waals surface area (Å²) in [6.45, 7) is 6.62. The monoisotopic (exact) mass is 386 g/mol. The molecule has 2 atom stereocenters. The fourth-order valence-corrected chi connectivity index (χ4v) is 3.18. The van der Waals surface area contributed by atoms with Crippen LogP contribution in [0.2, 0.25) is 0 Å². The van der Waals surface area contributed by atoms with E-state index in [0.717, 1.165) is 18.4 Å². The summed E-state index contributed by atoms with van der Waals surface area (Å²) in [4.78, 5) is 35.3. The minimum atomic E-state index is -0.536. The summed E-state index contributed by atoms with van der Waals surface area (Å²) < 4.78 is 5.37. The van der Waals surface area contributed by atoms with Crippen LogP contribution in [0, 0.1) is 0 Å². The molecular weight excluding hydrogens is 358 g/mol. The van der Waals surface area contributed by atoms with E-state index in [1.807, 2.05) is 32.9 Å². The highest BCUT2D eigenvalue weighted by Gasteiger charge is 2.37. The highest BCUT2D eigenvalue weighted by atomic mass is 16.6. The molecule has 8 heteroatoms. The van der Waals surface area contributed by atoms with E-state index in [9.17, 15) is 9.59 Å². The Labute approximate surface area is 165 Å². The molecule has 0 saturated carbocycles. The molecule has 1 saturated heterocycles. The molecule has 3 amide bonds. The van der Waals surface area contributed by atoms with Crippen LogP contribution in [0.4, 0.5) is 9.59 Å². The van der Waals surface area contributed by atoms with Crippen molar-refractivity contribution in [2.75, 3.05) is 20.1 Å². The van der Waals surface area contributed by atoms with Crippen molar-refractivity contribution in [1.29, 1.82) is 0 Å². The largest absolute Gasteiger partial charge is 0.444 e. The lowest BCUT2D eigenvalue weighted by atomic mass is 10.1. The standard InChI is InChI=1S/C20H27N5O3/c1-20(2,3)28-19(27)24-10-6-8-16(12-24)23-18(26)25(4)13-17(22-14-25)15-7-5-9-21-11-15/h5,7,9,11,13-14,16H,6,8,10,12H2,1-4H3/p+1. The SMILES string of the molecule is CC(C)(C)OC(=O)N1CCCC(NC(=O)[N+]2(C)C=NC(c3cccnc3)=C2)C1. The highest BCUT2D eigenvalue weighted by Crippen LogP contribution is 2.24. The van der Waals surface area contributed by atoms with Gasteiger partial charge >= 0.3 is 12.1 Å². The molecule has 2 aliphatic heterocycles. The van der Waals surface area contributed by atoms with E-state index in [4.69, 9.17) is 4.74 Å². The van der Waals surface area contributed by atoms with E-state index < -0.39 is 5.60 Å². The lowest BCUT2D eigenvalue weighted by Crippen LogP contribution is -2.56. The van der Waals surface area contributed by atoms with Crippen LogP contribution in [0.15, 0.2) is 35.7 Å². The number of likely N-dealkylation sites (tertiary alicyclic amines) is 1. The Hall–Kier alpha value is -2.74. The van der Waals surface area contributed by atoms with Crippen LogP contribution < -0.4 is 5.32 Å². The Morgan fingerprint density at radius 3 is 2.82 bits per heavy atom. The number of carbonyl (C=O) groups is 2. The predicted molar refractivity (Wildman–Crippen MR) is 106 cm³/mol. The zero-order valence-electron chi connectivity index (χ0n) is 16.9. The van der Waals surface area contributed by atoms with Gasteiger partial charge in [-0.05, 0) is 45.7 Å². The number of nitrogens with zero attached hydrogens (tertiary/aromatic N) is 4. The minimum Gasteiger partial charge on any atom is -0.444 e. The van der Waals surface area contributed by atoms with Gasteiger partial charge in [0.1, 0.15) is 17.5 Å². The molecule has 2 aliphatic rings. The van der Waals surface area contributed by atoms with Crippen LogP contribution in [0.3, 0.4) is 0 Å². The van der Waals surface area contributed by atoms with Crippen molar-refractivity contribution in [2.24, 2.45) is 4.99 Å². The Balaban J connectivity index is 1.62. The zero-order valence-corrected chi connectivity index (χ0v) is 16.9. The number of aliphatic imine (C=N–C) groups is 1. The van der Waals surface area contributed by atoms with E-state index >= 15 is 0 Å². The molecule has 1 aromatic rings. The van der Waals surface area contributed by atoms with Crippen LogP contribution >= 0.6 is 0 Å². The van der Waals surface area contributed by atoms with Crippen molar-refractivity contribution in [1.82, 2.24) is 15.2 Å². The molecule has 1 fully saturated rings. The number of nitrogens with one attached hydrogen (secondary N) is 1. The zero-order chi connectivity index (χ0) is 20.4. The Morgan fingerprint density at radius 1 is 1.36 bits per heavy atom.